The number of nitrogens with two attached hydrogens (primary N) is 1. The second-order valence-electron chi connectivity index (χ2n) is 6.31. The Morgan fingerprint density at radius 2 is 1.61 bits per heavy atom. The fourth-order valence-corrected chi connectivity index (χ4v) is 3.72. The monoisotopic (exact) mass is 252 g/mol. The Morgan fingerprint density at radius 3 is 2.44 bits per heavy atom. The predicted molar refractivity (Wildman–Crippen MR) is 74.7 cm³/mol. The van der Waals surface area contributed by atoms with E-state index in [9.17, 15) is 0 Å². The number of nitrogens with zero attached hydrogens (tertiary/aromatic N) is 3. The van der Waals surface area contributed by atoms with Crippen LogP contribution in [0.1, 0.15) is 25.7 Å². The Kier molecular flexibility index (Phi) is 4.19. The summed E-state index contributed by atoms with van der Waals surface area (Å²) in [6.45, 7) is 10.2. The van der Waals surface area contributed by atoms with Crippen LogP contribution in [0, 0.1) is 0 Å². The van der Waals surface area contributed by atoms with Crippen LogP contribution in [0.3, 0.4) is 0 Å². The van der Waals surface area contributed by atoms with Crippen molar-refractivity contribution in [2.24, 2.45) is 5.73 Å². The Hall–Kier alpha value is -0.160. The predicted octanol–water partition coefficient (Wildman–Crippen LogP) is 0.190. The molecule has 3 aliphatic heterocycles. The molecule has 0 aromatic rings. The van der Waals surface area contributed by atoms with Crippen LogP contribution in [0.4, 0.5) is 0 Å². The van der Waals surface area contributed by atoms with Crippen LogP contribution in [0.25, 0.3) is 0 Å². The van der Waals surface area contributed by atoms with Gasteiger partial charge in [-0.25, -0.2) is 0 Å². The third kappa shape index (κ3) is 3.05. The van der Waals surface area contributed by atoms with Gasteiger partial charge in [-0.15, -0.1) is 0 Å². The highest BCUT2D eigenvalue weighted by molar-refractivity contribution is 4.87. The first-order valence-electron chi connectivity index (χ1n) is 7.75. The molecule has 3 rings (SSSR count). The minimum absolute atomic E-state index is 0.461. The van der Waals surface area contributed by atoms with Gasteiger partial charge in [-0.3, -0.25) is 9.80 Å². The summed E-state index contributed by atoms with van der Waals surface area (Å²) in [5, 5.41) is 0. The number of piperidine rings is 1. The molecule has 2 N–H and O–H groups in total. The maximum atomic E-state index is 5.95. The highest BCUT2D eigenvalue weighted by Crippen LogP contribution is 2.21. The largest absolute Gasteiger partial charge is 0.328 e. The lowest BCUT2D eigenvalue weighted by molar-refractivity contribution is 0.0898. The normalized spacial score (nSPS) is 32.8. The molecular weight excluding hydrogens is 224 g/mol. The van der Waals surface area contributed by atoms with E-state index in [1.54, 1.807) is 0 Å². The van der Waals surface area contributed by atoms with Gasteiger partial charge in [0.15, 0.2) is 0 Å². The van der Waals surface area contributed by atoms with Crippen LogP contribution in [0.15, 0.2) is 0 Å². The number of likely N-dealkylation sites (tertiary alicyclic amines) is 1. The minimum Gasteiger partial charge on any atom is -0.328 e. The van der Waals surface area contributed by atoms with Crippen LogP contribution < -0.4 is 5.73 Å². The van der Waals surface area contributed by atoms with E-state index in [2.05, 4.69) is 14.7 Å². The van der Waals surface area contributed by atoms with Crippen LogP contribution in [-0.2, 0) is 0 Å². The molecule has 3 heterocycles. The first-order chi connectivity index (χ1) is 8.81. The summed E-state index contributed by atoms with van der Waals surface area (Å²) >= 11 is 0. The molecule has 3 fully saturated rings. The van der Waals surface area contributed by atoms with Gasteiger partial charge >= 0.3 is 0 Å². The molecular formula is C14H28N4. The van der Waals surface area contributed by atoms with Gasteiger partial charge in [-0.1, -0.05) is 0 Å². The summed E-state index contributed by atoms with van der Waals surface area (Å²) in [6.07, 6.45) is 5.23. The zero-order chi connectivity index (χ0) is 12.4. The molecule has 0 radical (unpaired) electrons. The molecule has 1 atom stereocenters. The molecule has 0 aliphatic carbocycles. The van der Waals surface area contributed by atoms with Gasteiger partial charge in [0.05, 0.1) is 0 Å². The third-order valence-electron chi connectivity index (χ3n) is 5.04. The molecule has 18 heavy (non-hydrogen) atoms. The van der Waals surface area contributed by atoms with E-state index in [1.165, 1.54) is 78.0 Å². The smallest absolute Gasteiger partial charge is 0.0224 e. The van der Waals surface area contributed by atoms with Crippen molar-refractivity contribution in [1.29, 1.82) is 0 Å². The highest BCUT2D eigenvalue weighted by Gasteiger charge is 2.30. The fourth-order valence-electron chi connectivity index (χ4n) is 3.72. The van der Waals surface area contributed by atoms with Crippen molar-refractivity contribution in [3.63, 3.8) is 0 Å². The maximum Gasteiger partial charge on any atom is 0.0224 e. The zero-order valence-corrected chi connectivity index (χ0v) is 11.6. The van der Waals surface area contributed by atoms with Gasteiger partial charge in [0.25, 0.3) is 0 Å². The second-order valence-corrected chi connectivity index (χ2v) is 6.31. The standard InChI is InChI=1S/C14H28N4/c15-13-3-6-16(7-4-13)8-9-17-10-11-18-5-1-2-14(18)12-17/h13-14H,1-12,15H2. The van der Waals surface area contributed by atoms with Crippen molar-refractivity contribution in [2.45, 2.75) is 37.8 Å². The Balaban J connectivity index is 1.38. The van der Waals surface area contributed by atoms with Gasteiger partial charge in [0.2, 0.25) is 0 Å². The summed E-state index contributed by atoms with van der Waals surface area (Å²) in [6, 6.07) is 1.33. The van der Waals surface area contributed by atoms with Crippen LogP contribution in [0.5, 0.6) is 0 Å². The number of piperazine rings is 1. The molecule has 3 saturated heterocycles. The average molecular weight is 252 g/mol. The number of fused-ring (bicyclic) bond motifs is 1. The van der Waals surface area contributed by atoms with Crippen molar-refractivity contribution in [1.82, 2.24) is 14.7 Å². The molecule has 3 aliphatic rings. The van der Waals surface area contributed by atoms with E-state index in [0.717, 1.165) is 6.04 Å². The van der Waals surface area contributed by atoms with Crippen LogP contribution >= 0.6 is 0 Å². The summed E-state index contributed by atoms with van der Waals surface area (Å²) in [5.41, 5.74) is 5.95. The Bertz CT molecular complexity index is 263. The first-order valence-corrected chi connectivity index (χ1v) is 7.75. The van der Waals surface area contributed by atoms with E-state index in [4.69, 9.17) is 5.73 Å². The van der Waals surface area contributed by atoms with E-state index >= 15 is 0 Å². The molecule has 4 nitrogen and oxygen atoms in total. The Labute approximate surface area is 111 Å². The van der Waals surface area contributed by atoms with Gasteiger partial charge < -0.3 is 10.6 Å². The number of hydrogen-bond donors (Lipinski definition) is 1. The fraction of sp³-hybridized carbons (Fsp3) is 1.00. The third-order valence-corrected chi connectivity index (χ3v) is 5.04. The Morgan fingerprint density at radius 1 is 0.833 bits per heavy atom. The zero-order valence-electron chi connectivity index (χ0n) is 11.6. The second kappa shape index (κ2) is 5.87. The summed E-state index contributed by atoms with van der Waals surface area (Å²) < 4.78 is 0. The molecule has 0 aromatic heterocycles. The topological polar surface area (TPSA) is 35.7 Å². The van der Waals surface area contributed by atoms with Crippen LogP contribution in [-0.4, -0.2) is 79.1 Å². The van der Waals surface area contributed by atoms with Gasteiger partial charge in [0.1, 0.15) is 0 Å². The lowest BCUT2D eigenvalue weighted by Gasteiger charge is -2.39. The quantitative estimate of drug-likeness (QED) is 0.778. The van der Waals surface area contributed by atoms with Crippen molar-refractivity contribution < 1.29 is 0 Å². The lowest BCUT2D eigenvalue weighted by atomic mass is 10.1. The van der Waals surface area contributed by atoms with E-state index in [0.29, 0.717) is 6.04 Å². The molecule has 104 valence electrons. The van der Waals surface area contributed by atoms with Gasteiger partial charge in [-0.2, -0.15) is 0 Å². The molecule has 0 spiro atoms. The number of hydrogen-bond acceptors (Lipinski definition) is 4. The summed E-state index contributed by atoms with van der Waals surface area (Å²) in [5.74, 6) is 0. The van der Waals surface area contributed by atoms with E-state index < -0.39 is 0 Å². The van der Waals surface area contributed by atoms with Crippen molar-refractivity contribution in [3.05, 3.63) is 0 Å². The molecule has 0 aromatic carbocycles. The summed E-state index contributed by atoms with van der Waals surface area (Å²) in [7, 11) is 0. The minimum atomic E-state index is 0.461. The molecule has 1 unspecified atom stereocenters. The highest BCUT2D eigenvalue weighted by atomic mass is 15.3. The average Bonchev–Trinajstić information content (AvgIpc) is 2.85. The first kappa shape index (κ1) is 12.9. The van der Waals surface area contributed by atoms with Gasteiger partial charge in [0, 0.05) is 44.8 Å². The van der Waals surface area contributed by atoms with E-state index in [-0.39, 0.29) is 0 Å². The number of rotatable bonds is 3. The molecule has 4 heteroatoms. The summed E-state index contributed by atoms with van der Waals surface area (Å²) in [4.78, 5) is 7.97. The SMILES string of the molecule is NC1CCN(CCN2CCN3CCCC3C2)CC1. The van der Waals surface area contributed by atoms with Gasteiger partial charge in [-0.05, 0) is 45.3 Å². The van der Waals surface area contributed by atoms with E-state index in [1.807, 2.05) is 0 Å². The van der Waals surface area contributed by atoms with Crippen molar-refractivity contribution in [3.8, 4) is 0 Å². The molecule has 0 amide bonds. The molecule has 0 saturated carbocycles. The molecule has 0 bridgehead atoms. The maximum absolute atomic E-state index is 5.95. The van der Waals surface area contributed by atoms with Crippen LogP contribution in [0.2, 0.25) is 0 Å². The van der Waals surface area contributed by atoms with Crippen molar-refractivity contribution >= 4 is 0 Å². The van der Waals surface area contributed by atoms with Crippen molar-refractivity contribution in [2.75, 3.05) is 52.4 Å². The lowest BCUT2D eigenvalue weighted by Crippen LogP contribution is -2.52.